The molecule has 0 aliphatic heterocycles. The SMILES string of the molecule is N#Cc1c(N)n[nH]c1CCCNc1nc2ccccc2c(=O)[nH]1. The molecular weight excluding hydrogens is 294 g/mol. The number of aromatic amines is 2. The Bertz CT molecular complexity index is 935. The van der Waals surface area contributed by atoms with Crippen molar-refractivity contribution in [1.29, 1.82) is 5.26 Å². The van der Waals surface area contributed by atoms with Crippen molar-refractivity contribution in [1.82, 2.24) is 20.2 Å². The van der Waals surface area contributed by atoms with Crippen LogP contribution < -0.4 is 16.6 Å². The van der Waals surface area contributed by atoms with Gasteiger partial charge in [0.15, 0.2) is 5.82 Å². The van der Waals surface area contributed by atoms with E-state index in [2.05, 4.69) is 25.5 Å². The molecule has 23 heavy (non-hydrogen) atoms. The van der Waals surface area contributed by atoms with E-state index in [1.165, 1.54) is 0 Å². The number of nitrogens with zero attached hydrogens (tertiary/aromatic N) is 3. The Morgan fingerprint density at radius 1 is 1.35 bits per heavy atom. The lowest BCUT2D eigenvalue weighted by Gasteiger charge is -2.06. The molecule has 0 radical (unpaired) electrons. The minimum absolute atomic E-state index is 0.175. The van der Waals surface area contributed by atoms with Crippen LogP contribution in [-0.2, 0) is 6.42 Å². The smallest absolute Gasteiger partial charge is 0.260 e. The van der Waals surface area contributed by atoms with Crippen molar-refractivity contribution >= 4 is 22.7 Å². The predicted octanol–water partition coefficient (Wildman–Crippen LogP) is 1.14. The zero-order chi connectivity index (χ0) is 16.2. The van der Waals surface area contributed by atoms with Crippen molar-refractivity contribution in [2.24, 2.45) is 0 Å². The molecule has 3 rings (SSSR count). The number of nitrogens with two attached hydrogens (primary N) is 1. The number of hydrogen-bond donors (Lipinski definition) is 4. The zero-order valence-corrected chi connectivity index (χ0v) is 12.3. The van der Waals surface area contributed by atoms with E-state index in [-0.39, 0.29) is 11.4 Å². The maximum atomic E-state index is 11.9. The Morgan fingerprint density at radius 3 is 3.00 bits per heavy atom. The van der Waals surface area contributed by atoms with E-state index in [0.717, 1.165) is 6.42 Å². The van der Waals surface area contributed by atoms with E-state index in [1.54, 1.807) is 18.2 Å². The van der Waals surface area contributed by atoms with E-state index in [1.807, 2.05) is 12.1 Å². The molecule has 0 unspecified atom stereocenters. The highest BCUT2D eigenvalue weighted by Gasteiger charge is 2.09. The van der Waals surface area contributed by atoms with Crippen molar-refractivity contribution < 1.29 is 0 Å². The summed E-state index contributed by atoms with van der Waals surface area (Å²) in [5.41, 5.74) is 7.16. The number of nitrogens with one attached hydrogen (secondary N) is 3. The number of nitriles is 1. The molecule has 5 N–H and O–H groups in total. The first-order valence-corrected chi connectivity index (χ1v) is 7.15. The highest BCUT2D eigenvalue weighted by molar-refractivity contribution is 5.78. The molecule has 0 saturated heterocycles. The third-order valence-electron chi connectivity index (χ3n) is 3.49. The lowest BCUT2D eigenvalue weighted by molar-refractivity contribution is 0.819. The quantitative estimate of drug-likeness (QED) is 0.522. The Balaban J connectivity index is 1.63. The second kappa shape index (κ2) is 6.19. The molecule has 0 aliphatic carbocycles. The van der Waals surface area contributed by atoms with Crippen molar-refractivity contribution in [2.75, 3.05) is 17.6 Å². The number of aryl methyl sites for hydroxylation is 1. The van der Waals surface area contributed by atoms with Gasteiger partial charge in [-0.3, -0.25) is 14.9 Å². The maximum Gasteiger partial charge on any atom is 0.260 e. The standard InChI is InChI=1S/C15H15N7O/c16-8-10-12(21-22-13(10)17)6-3-7-18-15-19-11-5-2-1-4-9(11)14(23)20-15/h1-2,4-5H,3,6-7H2,(H3,17,21,22)(H2,18,19,20,23). The van der Waals surface area contributed by atoms with Gasteiger partial charge in [0.25, 0.3) is 5.56 Å². The predicted molar refractivity (Wildman–Crippen MR) is 86.9 cm³/mol. The molecule has 116 valence electrons. The van der Waals surface area contributed by atoms with Gasteiger partial charge in [-0.05, 0) is 25.0 Å². The Morgan fingerprint density at radius 2 is 2.17 bits per heavy atom. The fraction of sp³-hybridized carbons (Fsp3) is 0.200. The number of para-hydroxylation sites is 1. The molecule has 0 saturated carbocycles. The van der Waals surface area contributed by atoms with Crippen LogP contribution in [0.3, 0.4) is 0 Å². The van der Waals surface area contributed by atoms with Gasteiger partial charge in [-0.25, -0.2) is 4.98 Å². The largest absolute Gasteiger partial charge is 0.381 e. The van der Waals surface area contributed by atoms with E-state index < -0.39 is 0 Å². The number of hydrogen-bond acceptors (Lipinski definition) is 6. The lowest BCUT2D eigenvalue weighted by Crippen LogP contribution is -2.14. The Hall–Kier alpha value is -3.34. The summed E-state index contributed by atoms with van der Waals surface area (Å²) in [5, 5.41) is 19.2. The fourth-order valence-corrected chi connectivity index (χ4v) is 2.34. The molecule has 0 amide bonds. The summed E-state index contributed by atoms with van der Waals surface area (Å²) in [6, 6.07) is 9.20. The summed E-state index contributed by atoms with van der Waals surface area (Å²) >= 11 is 0. The number of anilines is 2. The number of fused-ring (bicyclic) bond motifs is 1. The maximum absolute atomic E-state index is 11.9. The monoisotopic (exact) mass is 309 g/mol. The van der Waals surface area contributed by atoms with Crippen LogP contribution in [0, 0.1) is 11.3 Å². The van der Waals surface area contributed by atoms with Gasteiger partial charge in [-0.15, -0.1) is 0 Å². The van der Waals surface area contributed by atoms with Gasteiger partial charge in [-0.2, -0.15) is 10.4 Å². The molecule has 0 bridgehead atoms. The first-order chi connectivity index (χ1) is 11.2. The Kier molecular flexibility index (Phi) is 3.93. The van der Waals surface area contributed by atoms with Crippen LogP contribution in [0.15, 0.2) is 29.1 Å². The molecular formula is C15H15N7O. The van der Waals surface area contributed by atoms with Gasteiger partial charge in [0.2, 0.25) is 5.95 Å². The second-order valence-corrected chi connectivity index (χ2v) is 5.04. The normalized spacial score (nSPS) is 10.6. The molecule has 2 heterocycles. The number of nitrogen functional groups attached to an aromatic ring is 1. The second-order valence-electron chi connectivity index (χ2n) is 5.04. The van der Waals surface area contributed by atoms with E-state index in [0.29, 0.717) is 41.1 Å². The van der Waals surface area contributed by atoms with Gasteiger partial charge >= 0.3 is 0 Å². The first kappa shape index (κ1) is 14.6. The zero-order valence-electron chi connectivity index (χ0n) is 12.3. The third-order valence-corrected chi connectivity index (χ3v) is 3.49. The molecule has 0 atom stereocenters. The highest BCUT2D eigenvalue weighted by Crippen LogP contribution is 2.13. The van der Waals surface area contributed by atoms with Gasteiger partial charge in [0.1, 0.15) is 11.6 Å². The lowest BCUT2D eigenvalue weighted by atomic mass is 10.1. The first-order valence-electron chi connectivity index (χ1n) is 7.15. The van der Waals surface area contributed by atoms with Crippen molar-refractivity contribution in [3.05, 3.63) is 45.9 Å². The number of benzene rings is 1. The minimum Gasteiger partial charge on any atom is -0.381 e. The summed E-state index contributed by atoms with van der Waals surface area (Å²) in [7, 11) is 0. The van der Waals surface area contributed by atoms with Gasteiger partial charge in [0, 0.05) is 6.54 Å². The summed E-state index contributed by atoms with van der Waals surface area (Å²) in [4.78, 5) is 19.0. The molecule has 0 fully saturated rings. The molecule has 0 aliphatic rings. The number of H-pyrrole nitrogens is 2. The topological polar surface area (TPSA) is 136 Å². The van der Waals surface area contributed by atoms with Crippen LogP contribution in [-0.4, -0.2) is 26.7 Å². The molecule has 8 nitrogen and oxygen atoms in total. The van der Waals surface area contributed by atoms with Crippen LogP contribution in [0.5, 0.6) is 0 Å². The molecule has 3 aromatic rings. The average Bonchev–Trinajstić information content (AvgIpc) is 2.91. The van der Waals surface area contributed by atoms with Crippen LogP contribution in [0.25, 0.3) is 10.9 Å². The van der Waals surface area contributed by atoms with Crippen LogP contribution in [0.4, 0.5) is 11.8 Å². The van der Waals surface area contributed by atoms with Gasteiger partial charge in [0.05, 0.1) is 16.6 Å². The van der Waals surface area contributed by atoms with E-state index >= 15 is 0 Å². The summed E-state index contributed by atoms with van der Waals surface area (Å²) in [5.74, 6) is 0.648. The van der Waals surface area contributed by atoms with E-state index in [9.17, 15) is 4.79 Å². The molecule has 2 aromatic heterocycles. The molecule has 8 heteroatoms. The van der Waals surface area contributed by atoms with Gasteiger partial charge < -0.3 is 11.1 Å². The van der Waals surface area contributed by atoms with Crippen molar-refractivity contribution in [3.8, 4) is 6.07 Å². The van der Waals surface area contributed by atoms with Crippen molar-refractivity contribution in [3.63, 3.8) is 0 Å². The average molecular weight is 309 g/mol. The number of rotatable bonds is 5. The molecule has 1 aromatic carbocycles. The van der Waals surface area contributed by atoms with Gasteiger partial charge in [-0.1, -0.05) is 12.1 Å². The van der Waals surface area contributed by atoms with Crippen LogP contribution >= 0.6 is 0 Å². The van der Waals surface area contributed by atoms with Crippen LogP contribution in [0.1, 0.15) is 17.7 Å². The number of aromatic nitrogens is 4. The van der Waals surface area contributed by atoms with Crippen LogP contribution in [0.2, 0.25) is 0 Å². The fourth-order valence-electron chi connectivity index (χ4n) is 2.34. The Labute approximate surface area is 131 Å². The summed E-state index contributed by atoms with van der Waals surface area (Å²) < 4.78 is 0. The summed E-state index contributed by atoms with van der Waals surface area (Å²) in [6.07, 6.45) is 1.35. The molecule has 0 spiro atoms. The summed E-state index contributed by atoms with van der Waals surface area (Å²) in [6.45, 7) is 0.588. The minimum atomic E-state index is -0.175. The highest BCUT2D eigenvalue weighted by atomic mass is 16.1. The van der Waals surface area contributed by atoms with E-state index in [4.69, 9.17) is 11.0 Å². The third kappa shape index (κ3) is 2.98. The van der Waals surface area contributed by atoms with Crippen molar-refractivity contribution in [2.45, 2.75) is 12.8 Å².